The van der Waals surface area contributed by atoms with Crippen molar-refractivity contribution in [3.8, 4) is 11.3 Å². The van der Waals surface area contributed by atoms with Gasteiger partial charge in [0, 0.05) is 42.9 Å². The van der Waals surface area contributed by atoms with Crippen molar-refractivity contribution in [1.82, 2.24) is 20.2 Å². The number of nitrogens with one attached hydrogen (secondary N) is 3. The maximum absolute atomic E-state index is 12.7. The van der Waals surface area contributed by atoms with Crippen molar-refractivity contribution in [2.45, 2.75) is 6.92 Å². The van der Waals surface area contributed by atoms with E-state index in [1.807, 2.05) is 23.1 Å². The second kappa shape index (κ2) is 9.49. The van der Waals surface area contributed by atoms with Crippen molar-refractivity contribution in [1.29, 1.82) is 10.8 Å². The summed E-state index contributed by atoms with van der Waals surface area (Å²) in [5.41, 5.74) is 3.34. The molecule has 0 bridgehead atoms. The van der Waals surface area contributed by atoms with E-state index in [2.05, 4.69) is 15.3 Å². The molecule has 1 fully saturated rings. The van der Waals surface area contributed by atoms with E-state index in [9.17, 15) is 4.79 Å². The Bertz CT molecular complexity index is 1140. The summed E-state index contributed by atoms with van der Waals surface area (Å²) < 4.78 is 5.42. The van der Waals surface area contributed by atoms with E-state index < -0.39 is 0 Å². The third kappa shape index (κ3) is 4.70. The highest BCUT2D eigenvalue weighted by Crippen LogP contribution is 2.20. The number of hydrogen-bond donors (Lipinski definition) is 3. The van der Waals surface area contributed by atoms with Crippen molar-refractivity contribution in [3.63, 3.8) is 0 Å². The van der Waals surface area contributed by atoms with Crippen molar-refractivity contribution < 1.29 is 9.53 Å². The van der Waals surface area contributed by atoms with E-state index in [1.165, 1.54) is 0 Å². The van der Waals surface area contributed by atoms with Gasteiger partial charge in [-0.15, -0.1) is 0 Å². The molecule has 8 heteroatoms. The van der Waals surface area contributed by atoms with E-state index in [1.54, 1.807) is 49.5 Å². The van der Waals surface area contributed by atoms with Gasteiger partial charge in [0.15, 0.2) is 0 Å². The summed E-state index contributed by atoms with van der Waals surface area (Å²) in [6.45, 7) is 4.76. The Kier molecular flexibility index (Phi) is 6.32. The van der Waals surface area contributed by atoms with E-state index >= 15 is 0 Å². The van der Waals surface area contributed by atoms with Gasteiger partial charge < -0.3 is 15.0 Å². The molecule has 1 aromatic heterocycles. The molecule has 1 amide bonds. The first-order valence-electron chi connectivity index (χ1n) is 10.4. The first-order chi connectivity index (χ1) is 15.5. The minimum Gasteiger partial charge on any atom is -0.419 e. The smallest absolute Gasteiger partial charge is 0.253 e. The summed E-state index contributed by atoms with van der Waals surface area (Å²) in [5, 5.41) is 19.6. The predicted molar refractivity (Wildman–Crippen MR) is 122 cm³/mol. The molecule has 1 saturated heterocycles. The van der Waals surface area contributed by atoms with Crippen molar-refractivity contribution in [2.75, 3.05) is 26.2 Å². The minimum atomic E-state index is -0.240. The van der Waals surface area contributed by atoms with Gasteiger partial charge in [0.05, 0.1) is 17.6 Å². The van der Waals surface area contributed by atoms with Gasteiger partial charge in [0.1, 0.15) is 5.69 Å². The third-order valence-corrected chi connectivity index (χ3v) is 5.24. The van der Waals surface area contributed by atoms with Crippen LogP contribution in [0.4, 0.5) is 0 Å². The quantitative estimate of drug-likeness (QED) is 0.437. The number of ether oxygens (including phenoxy) is 1. The molecule has 3 N–H and O–H groups in total. The molecule has 0 aliphatic carbocycles. The average molecular weight is 428 g/mol. The van der Waals surface area contributed by atoms with Gasteiger partial charge in [0.2, 0.25) is 11.8 Å². The Morgan fingerprint density at radius 1 is 0.969 bits per heavy atom. The van der Waals surface area contributed by atoms with Gasteiger partial charge in [0.25, 0.3) is 5.91 Å². The number of carbonyl (C=O) groups excluding carboxylic acids is 1. The largest absolute Gasteiger partial charge is 0.419 e. The Morgan fingerprint density at radius 3 is 2.34 bits per heavy atom. The van der Waals surface area contributed by atoms with Crippen LogP contribution in [0.1, 0.15) is 27.3 Å². The van der Waals surface area contributed by atoms with Gasteiger partial charge in [-0.25, -0.2) is 4.98 Å². The number of carbonyl (C=O) groups is 1. The highest BCUT2D eigenvalue weighted by molar-refractivity contribution is 6.04. The van der Waals surface area contributed by atoms with E-state index in [0.29, 0.717) is 35.6 Å². The molecule has 0 spiro atoms. The summed E-state index contributed by atoms with van der Waals surface area (Å²) in [7, 11) is 0. The van der Waals surface area contributed by atoms with Crippen LogP contribution in [-0.2, 0) is 4.74 Å². The summed E-state index contributed by atoms with van der Waals surface area (Å²) in [5.74, 6) is -0.350. The third-order valence-electron chi connectivity index (χ3n) is 5.24. The molecule has 32 heavy (non-hydrogen) atoms. The van der Waals surface area contributed by atoms with Crippen LogP contribution in [0.3, 0.4) is 0 Å². The van der Waals surface area contributed by atoms with Crippen molar-refractivity contribution in [2.24, 2.45) is 0 Å². The number of aryl methyl sites for hydroxylation is 1. The molecule has 0 saturated carbocycles. The maximum atomic E-state index is 12.7. The van der Waals surface area contributed by atoms with Crippen LogP contribution in [0.15, 0.2) is 60.8 Å². The molecule has 1 aliphatic rings. The second-order valence-corrected chi connectivity index (χ2v) is 7.44. The Morgan fingerprint density at radius 2 is 1.66 bits per heavy atom. The molecular formula is C24H24N6O2. The van der Waals surface area contributed by atoms with Crippen LogP contribution in [0.2, 0.25) is 0 Å². The van der Waals surface area contributed by atoms with Crippen molar-refractivity contribution in [3.05, 3.63) is 83.3 Å². The summed E-state index contributed by atoms with van der Waals surface area (Å²) >= 11 is 0. The molecule has 0 radical (unpaired) electrons. The standard InChI is InChI=1S/C24H24N6O2/c1-16-21(23(26)32-22(25)18-5-3-2-4-6-18)29-20(15-28-16)17-7-9-19(10-8-17)24(31)30-13-11-27-12-14-30/h2-10,15,25-27H,11-14H2,1H3. The van der Waals surface area contributed by atoms with Gasteiger partial charge >= 0.3 is 0 Å². The predicted octanol–water partition coefficient (Wildman–Crippen LogP) is 2.86. The lowest BCUT2D eigenvalue weighted by atomic mass is 10.1. The lowest BCUT2D eigenvalue weighted by Crippen LogP contribution is -2.46. The van der Waals surface area contributed by atoms with Gasteiger partial charge in [-0.1, -0.05) is 30.3 Å². The van der Waals surface area contributed by atoms with Crippen LogP contribution in [0.25, 0.3) is 11.3 Å². The first-order valence-corrected chi connectivity index (χ1v) is 10.4. The summed E-state index contributed by atoms with van der Waals surface area (Å²) in [6, 6.07) is 16.2. The van der Waals surface area contributed by atoms with Gasteiger partial charge in [-0.05, 0) is 31.2 Å². The molecule has 8 nitrogen and oxygen atoms in total. The normalized spacial score (nSPS) is 13.5. The van der Waals surface area contributed by atoms with Crippen LogP contribution in [-0.4, -0.2) is 58.7 Å². The highest BCUT2D eigenvalue weighted by atomic mass is 16.5. The zero-order valence-corrected chi connectivity index (χ0v) is 17.8. The summed E-state index contributed by atoms with van der Waals surface area (Å²) in [4.78, 5) is 23.4. The average Bonchev–Trinajstić information content (AvgIpc) is 2.85. The fraction of sp³-hybridized carbons (Fsp3) is 0.208. The first kappa shape index (κ1) is 21.3. The second-order valence-electron chi connectivity index (χ2n) is 7.44. The number of nitrogens with zero attached hydrogens (tertiary/aromatic N) is 3. The zero-order valence-electron chi connectivity index (χ0n) is 17.8. The molecule has 0 unspecified atom stereocenters. The van der Waals surface area contributed by atoms with E-state index in [-0.39, 0.29) is 23.4 Å². The van der Waals surface area contributed by atoms with E-state index in [4.69, 9.17) is 15.6 Å². The van der Waals surface area contributed by atoms with Crippen LogP contribution in [0, 0.1) is 17.7 Å². The topological polar surface area (TPSA) is 115 Å². The SMILES string of the molecule is Cc1ncc(-c2ccc(C(=O)N3CCNCC3)cc2)nc1C(=N)OC(=N)c1ccccc1. The number of hydrogen-bond acceptors (Lipinski definition) is 7. The van der Waals surface area contributed by atoms with Crippen LogP contribution in [0.5, 0.6) is 0 Å². The van der Waals surface area contributed by atoms with Crippen LogP contribution >= 0.6 is 0 Å². The molecule has 2 heterocycles. The molecule has 3 aromatic rings. The fourth-order valence-electron chi connectivity index (χ4n) is 3.44. The van der Waals surface area contributed by atoms with E-state index in [0.717, 1.165) is 18.7 Å². The van der Waals surface area contributed by atoms with Crippen LogP contribution < -0.4 is 5.32 Å². The number of benzene rings is 2. The molecular weight excluding hydrogens is 404 g/mol. The Balaban J connectivity index is 1.51. The number of amides is 1. The Hall–Kier alpha value is -3.91. The molecule has 162 valence electrons. The zero-order chi connectivity index (χ0) is 22.5. The van der Waals surface area contributed by atoms with Crippen molar-refractivity contribution >= 4 is 17.7 Å². The maximum Gasteiger partial charge on any atom is 0.253 e. The van der Waals surface area contributed by atoms with Gasteiger partial charge in [-0.2, -0.15) is 0 Å². The highest BCUT2D eigenvalue weighted by Gasteiger charge is 2.19. The molecule has 2 aromatic carbocycles. The number of piperazine rings is 1. The summed E-state index contributed by atoms with van der Waals surface area (Å²) in [6.07, 6.45) is 1.63. The molecule has 1 aliphatic heterocycles. The number of rotatable bonds is 4. The lowest BCUT2D eigenvalue weighted by molar-refractivity contribution is 0.0736. The Labute approximate surface area is 186 Å². The lowest BCUT2D eigenvalue weighted by Gasteiger charge is -2.27. The number of aromatic nitrogens is 2. The molecule has 4 rings (SSSR count). The van der Waals surface area contributed by atoms with Gasteiger partial charge in [-0.3, -0.25) is 20.6 Å². The fourth-order valence-corrected chi connectivity index (χ4v) is 3.44. The monoisotopic (exact) mass is 428 g/mol. The molecule has 0 atom stereocenters. The minimum absolute atomic E-state index is 0.0170.